The minimum Gasteiger partial charge on any atom is -0.358 e. The summed E-state index contributed by atoms with van der Waals surface area (Å²) in [5, 5.41) is 5.07. The van der Waals surface area contributed by atoms with E-state index in [1.54, 1.807) is 18.4 Å². The molecule has 1 aliphatic rings. The molecule has 2 heterocycles. The number of piperidine rings is 1. The highest BCUT2D eigenvalue weighted by atomic mass is 32.1. The minimum atomic E-state index is -0.604. The van der Waals surface area contributed by atoms with Gasteiger partial charge in [0.05, 0.1) is 0 Å². The third-order valence-electron chi connectivity index (χ3n) is 5.71. The summed E-state index contributed by atoms with van der Waals surface area (Å²) in [6.07, 6.45) is 3.07. The Hall–Kier alpha value is -2.05. The zero-order valence-corrected chi connectivity index (χ0v) is 17.3. The van der Waals surface area contributed by atoms with Crippen molar-refractivity contribution < 1.29 is 4.74 Å². The molecule has 2 unspecified atom stereocenters. The number of rotatable bonds is 5. The van der Waals surface area contributed by atoms with Crippen molar-refractivity contribution in [2.24, 2.45) is 11.8 Å². The van der Waals surface area contributed by atoms with Crippen molar-refractivity contribution >= 4 is 11.3 Å². The first kappa shape index (κ1) is 19.3. The first-order chi connectivity index (χ1) is 13.6. The first-order valence-electron chi connectivity index (χ1n) is 9.78. The molecule has 3 aromatic rings. The molecule has 2 N–H and O–H groups in total. The summed E-state index contributed by atoms with van der Waals surface area (Å²) < 4.78 is 6.17. The van der Waals surface area contributed by atoms with Crippen LogP contribution in [0.4, 0.5) is 0 Å². The lowest BCUT2D eigenvalue weighted by atomic mass is 9.78. The van der Waals surface area contributed by atoms with Crippen LogP contribution in [0.1, 0.15) is 29.7 Å². The zero-order chi connectivity index (χ0) is 19.6. The predicted molar refractivity (Wildman–Crippen MR) is 115 cm³/mol. The molecule has 4 rings (SSSR count). The molecule has 146 valence electrons. The average Bonchev–Trinajstić information content (AvgIpc) is 3.16. The molecule has 0 spiro atoms. The number of nitrogens with zero attached hydrogens (tertiary/aromatic N) is 2. The Kier molecular flexibility index (Phi) is 5.60. The van der Waals surface area contributed by atoms with Gasteiger partial charge >= 0.3 is 0 Å². The van der Waals surface area contributed by atoms with E-state index in [0.717, 1.165) is 42.1 Å². The molecular weight excluding hydrogens is 366 g/mol. The summed E-state index contributed by atoms with van der Waals surface area (Å²) in [5.74, 6) is 6.79. The van der Waals surface area contributed by atoms with Crippen LogP contribution in [0.3, 0.4) is 0 Å². The van der Waals surface area contributed by atoms with E-state index in [9.17, 15) is 0 Å². The average molecular weight is 394 g/mol. The highest BCUT2D eigenvalue weighted by Gasteiger charge is 2.47. The molecule has 4 nitrogen and oxygen atoms in total. The molecule has 1 aromatic heterocycles. The SMILES string of the molecule is COC1(c2ccccc2)C(Cc2cccc(-c3nc(C)cs3)c2)CCCN1N. The fraction of sp³-hybridized carbons (Fsp3) is 0.348. The van der Waals surface area contributed by atoms with Crippen LogP contribution >= 0.6 is 11.3 Å². The second kappa shape index (κ2) is 8.13. The zero-order valence-electron chi connectivity index (χ0n) is 16.5. The van der Waals surface area contributed by atoms with Crippen molar-refractivity contribution in [2.45, 2.75) is 31.9 Å². The van der Waals surface area contributed by atoms with Crippen LogP contribution in [0.2, 0.25) is 0 Å². The lowest BCUT2D eigenvalue weighted by molar-refractivity contribution is -0.202. The quantitative estimate of drug-likeness (QED) is 0.636. The van der Waals surface area contributed by atoms with E-state index in [-0.39, 0.29) is 5.92 Å². The van der Waals surface area contributed by atoms with Gasteiger partial charge in [0.2, 0.25) is 0 Å². The monoisotopic (exact) mass is 393 g/mol. The van der Waals surface area contributed by atoms with Gasteiger partial charge in [-0.15, -0.1) is 11.3 Å². The largest absolute Gasteiger partial charge is 0.358 e. The van der Waals surface area contributed by atoms with Crippen molar-refractivity contribution in [3.05, 3.63) is 76.8 Å². The third-order valence-corrected chi connectivity index (χ3v) is 6.71. The van der Waals surface area contributed by atoms with Gasteiger partial charge in [-0.2, -0.15) is 0 Å². The van der Waals surface area contributed by atoms with Gasteiger partial charge in [-0.25, -0.2) is 9.99 Å². The number of hydrogen-bond acceptors (Lipinski definition) is 5. The Balaban J connectivity index is 1.67. The maximum absolute atomic E-state index is 6.52. The van der Waals surface area contributed by atoms with E-state index in [4.69, 9.17) is 10.6 Å². The van der Waals surface area contributed by atoms with Crippen LogP contribution in [-0.4, -0.2) is 23.6 Å². The van der Waals surface area contributed by atoms with Crippen molar-refractivity contribution in [3.8, 4) is 10.6 Å². The fourth-order valence-electron chi connectivity index (χ4n) is 4.43. The number of thiazole rings is 1. The topological polar surface area (TPSA) is 51.4 Å². The van der Waals surface area contributed by atoms with Crippen molar-refractivity contribution in [2.75, 3.05) is 13.7 Å². The number of nitrogens with two attached hydrogens (primary N) is 1. The molecule has 0 saturated carbocycles. The molecule has 0 bridgehead atoms. The van der Waals surface area contributed by atoms with E-state index >= 15 is 0 Å². The van der Waals surface area contributed by atoms with Crippen LogP contribution in [0.5, 0.6) is 0 Å². The van der Waals surface area contributed by atoms with Gasteiger partial charge in [0.25, 0.3) is 0 Å². The number of hydrazine groups is 1. The number of aromatic nitrogens is 1. The number of hydrogen-bond donors (Lipinski definition) is 1. The van der Waals surface area contributed by atoms with Crippen LogP contribution in [0.25, 0.3) is 10.6 Å². The first-order valence-corrected chi connectivity index (χ1v) is 10.7. The van der Waals surface area contributed by atoms with Gasteiger partial charge in [-0.1, -0.05) is 48.5 Å². The molecule has 2 aromatic carbocycles. The van der Waals surface area contributed by atoms with Gasteiger partial charge in [-0.05, 0) is 37.8 Å². The van der Waals surface area contributed by atoms with Gasteiger partial charge in [0.1, 0.15) is 5.01 Å². The highest BCUT2D eigenvalue weighted by Crippen LogP contribution is 2.43. The van der Waals surface area contributed by atoms with E-state index in [0.29, 0.717) is 0 Å². The minimum absolute atomic E-state index is 0.270. The van der Waals surface area contributed by atoms with E-state index in [2.05, 4.69) is 58.9 Å². The van der Waals surface area contributed by atoms with Crippen molar-refractivity contribution in [1.29, 1.82) is 0 Å². The lowest BCUT2D eigenvalue weighted by Gasteiger charge is -2.49. The molecule has 2 atom stereocenters. The summed E-state index contributed by atoms with van der Waals surface area (Å²) in [5.41, 5.74) is 4.06. The second-order valence-corrected chi connectivity index (χ2v) is 8.36. The van der Waals surface area contributed by atoms with Crippen molar-refractivity contribution in [1.82, 2.24) is 9.99 Å². The Morgan fingerprint density at radius 1 is 1.21 bits per heavy atom. The molecule has 5 heteroatoms. The second-order valence-electron chi connectivity index (χ2n) is 7.50. The van der Waals surface area contributed by atoms with Crippen LogP contribution in [0.15, 0.2) is 60.0 Å². The maximum atomic E-state index is 6.52. The number of ether oxygens (including phenoxy) is 1. The van der Waals surface area contributed by atoms with E-state index < -0.39 is 5.72 Å². The molecular formula is C23H27N3OS. The fourth-order valence-corrected chi connectivity index (χ4v) is 5.22. The predicted octanol–water partition coefficient (Wildman–Crippen LogP) is 4.75. The summed E-state index contributed by atoms with van der Waals surface area (Å²) in [4.78, 5) is 4.64. The summed E-state index contributed by atoms with van der Waals surface area (Å²) in [6, 6.07) is 19.1. The molecule has 1 aliphatic heterocycles. The Morgan fingerprint density at radius 3 is 2.75 bits per heavy atom. The summed E-state index contributed by atoms with van der Waals surface area (Å²) in [7, 11) is 1.78. The number of methoxy groups -OCH3 is 1. The third kappa shape index (κ3) is 3.51. The van der Waals surface area contributed by atoms with Crippen LogP contribution in [0, 0.1) is 12.8 Å². The number of aryl methyl sites for hydroxylation is 1. The number of benzene rings is 2. The summed E-state index contributed by atoms with van der Waals surface area (Å²) in [6.45, 7) is 2.87. The van der Waals surface area contributed by atoms with Gasteiger partial charge in [0.15, 0.2) is 5.72 Å². The molecule has 0 radical (unpaired) electrons. The van der Waals surface area contributed by atoms with Crippen LogP contribution in [-0.2, 0) is 16.9 Å². The molecule has 0 aliphatic carbocycles. The highest BCUT2D eigenvalue weighted by molar-refractivity contribution is 7.13. The molecule has 28 heavy (non-hydrogen) atoms. The van der Waals surface area contributed by atoms with Crippen molar-refractivity contribution in [3.63, 3.8) is 0 Å². The Bertz CT molecular complexity index is 926. The van der Waals surface area contributed by atoms with E-state index in [1.807, 2.05) is 18.0 Å². The molecule has 1 saturated heterocycles. The lowest BCUT2D eigenvalue weighted by Crippen LogP contribution is -2.59. The van der Waals surface area contributed by atoms with Gasteiger partial charge in [0, 0.05) is 41.8 Å². The van der Waals surface area contributed by atoms with E-state index in [1.165, 1.54) is 11.1 Å². The van der Waals surface area contributed by atoms with Gasteiger partial charge in [-0.3, -0.25) is 5.84 Å². The maximum Gasteiger partial charge on any atom is 0.162 e. The smallest absolute Gasteiger partial charge is 0.162 e. The summed E-state index contributed by atoms with van der Waals surface area (Å²) >= 11 is 1.69. The Morgan fingerprint density at radius 2 is 2.04 bits per heavy atom. The normalized spacial score (nSPS) is 23.0. The Labute approximate surface area is 171 Å². The van der Waals surface area contributed by atoms with Gasteiger partial charge < -0.3 is 4.74 Å². The standard InChI is InChI=1S/C23H27N3OS/c1-17-16-28-22(25-17)19-9-6-8-18(14-19)15-21-12-7-13-26(24)23(21,27-2)20-10-4-3-5-11-20/h3-6,8-11,14,16,21H,7,12-13,15,24H2,1-2H3. The molecule has 1 fully saturated rings. The van der Waals surface area contributed by atoms with Crippen LogP contribution < -0.4 is 5.84 Å². The molecule has 0 amide bonds.